The van der Waals surface area contributed by atoms with Gasteiger partial charge in [-0.15, -0.1) is 0 Å². The van der Waals surface area contributed by atoms with Crippen LogP contribution < -0.4 is 0 Å². The smallest absolute Gasteiger partial charge is 0.176 e. The van der Waals surface area contributed by atoms with E-state index in [1.54, 1.807) is 35.0 Å². The van der Waals surface area contributed by atoms with Gasteiger partial charge in [-0.1, -0.05) is 22.0 Å². The quantitative estimate of drug-likeness (QED) is 0.793. The standard InChI is InChI=1S/C13H11BrFNO/c1-9(17)13-3-2-6-16(13)8-10-4-5-11(14)7-12(10)15/h2-7H,8H2,1H3. The number of hydrogen-bond acceptors (Lipinski definition) is 1. The van der Waals surface area contributed by atoms with Crippen molar-refractivity contribution in [2.45, 2.75) is 13.5 Å². The molecule has 17 heavy (non-hydrogen) atoms. The molecule has 0 aliphatic heterocycles. The van der Waals surface area contributed by atoms with E-state index >= 15 is 0 Å². The summed E-state index contributed by atoms with van der Waals surface area (Å²) in [5.41, 5.74) is 1.15. The van der Waals surface area contributed by atoms with Crippen molar-refractivity contribution in [2.24, 2.45) is 0 Å². The van der Waals surface area contributed by atoms with Gasteiger partial charge in [-0.3, -0.25) is 4.79 Å². The van der Waals surface area contributed by atoms with Gasteiger partial charge in [0, 0.05) is 23.2 Å². The Labute approximate surface area is 107 Å². The van der Waals surface area contributed by atoms with Crippen LogP contribution in [0.1, 0.15) is 23.0 Å². The second-order valence-corrected chi connectivity index (χ2v) is 4.73. The molecule has 4 heteroatoms. The summed E-state index contributed by atoms with van der Waals surface area (Å²) in [7, 11) is 0. The highest BCUT2D eigenvalue weighted by molar-refractivity contribution is 9.10. The lowest BCUT2D eigenvalue weighted by atomic mass is 10.2. The molecular weight excluding hydrogens is 285 g/mol. The summed E-state index contributed by atoms with van der Waals surface area (Å²) in [6, 6.07) is 8.44. The Morgan fingerprint density at radius 1 is 1.41 bits per heavy atom. The van der Waals surface area contributed by atoms with E-state index in [1.807, 2.05) is 0 Å². The number of hydrogen-bond donors (Lipinski definition) is 0. The van der Waals surface area contributed by atoms with Crippen molar-refractivity contribution in [3.8, 4) is 0 Å². The largest absolute Gasteiger partial charge is 0.341 e. The van der Waals surface area contributed by atoms with Crippen LogP contribution in [-0.2, 0) is 6.54 Å². The Bertz CT molecular complexity index is 562. The highest BCUT2D eigenvalue weighted by atomic mass is 79.9. The fourth-order valence-electron chi connectivity index (χ4n) is 1.71. The maximum atomic E-state index is 13.6. The molecule has 0 atom stereocenters. The zero-order chi connectivity index (χ0) is 12.4. The van der Waals surface area contributed by atoms with Crippen LogP contribution in [0.15, 0.2) is 41.0 Å². The third kappa shape index (κ3) is 2.64. The van der Waals surface area contributed by atoms with Crippen LogP contribution in [0, 0.1) is 5.82 Å². The van der Waals surface area contributed by atoms with E-state index in [-0.39, 0.29) is 11.6 Å². The molecule has 1 aromatic heterocycles. The fourth-order valence-corrected chi connectivity index (χ4v) is 2.04. The van der Waals surface area contributed by atoms with Crippen LogP contribution >= 0.6 is 15.9 Å². The van der Waals surface area contributed by atoms with Gasteiger partial charge in [0.25, 0.3) is 0 Å². The Morgan fingerprint density at radius 3 is 2.82 bits per heavy atom. The number of nitrogens with zero attached hydrogens (tertiary/aromatic N) is 1. The first-order valence-corrected chi connectivity index (χ1v) is 5.97. The zero-order valence-corrected chi connectivity index (χ0v) is 10.9. The van der Waals surface area contributed by atoms with Gasteiger partial charge < -0.3 is 4.57 Å². The molecule has 0 radical (unpaired) electrons. The Morgan fingerprint density at radius 2 is 2.18 bits per heavy atom. The van der Waals surface area contributed by atoms with Crippen molar-refractivity contribution in [3.63, 3.8) is 0 Å². The molecule has 0 saturated heterocycles. The summed E-state index contributed by atoms with van der Waals surface area (Å²) in [5.74, 6) is -0.296. The maximum absolute atomic E-state index is 13.6. The minimum Gasteiger partial charge on any atom is -0.341 e. The van der Waals surface area contributed by atoms with Crippen molar-refractivity contribution in [3.05, 3.63) is 58.1 Å². The number of rotatable bonds is 3. The molecule has 0 saturated carbocycles. The molecule has 0 bridgehead atoms. The Kier molecular flexibility index (Phi) is 3.43. The first-order valence-electron chi connectivity index (χ1n) is 5.18. The molecule has 0 amide bonds. The van der Waals surface area contributed by atoms with Crippen LogP contribution in [-0.4, -0.2) is 10.4 Å². The lowest BCUT2D eigenvalue weighted by molar-refractivity contribution is 0.100. The van der Waals surface area contributed by atoms with E-state index in [4.69, 9.17) is 0 Å². The molecule has 2 rings (SSSR count). The van der Waals surface area contributed by atoms with E-state index in [0.717, 1.165) is 0 Å². The van der Waals surface area contributed by atoms with Gasteiger partial charge in [-0.05, 0) is 24.3 Å². The number of ketones is 1. The average molecular weight is 296 g/mol. The average Bonchev–Trinajstić information content (AvgIpc) is 2.70. The van der Waals surface area contributed by atoms with Crippen LogP contribution in [0.25, 0.3) is 0 Å². The van der Waals surface area contributed by atoms with Crippen LogP contribution in [0.2, 0.25) is 0 Å². The number of carbonyl (C=O) groups excluding carboxylic acids is 1. The zero-order valence-electron chi connectivity index (χ0n) is 9.28. The Balaban J connectivity index is 2.31. The van der Waals surface area contributed by atoms with Gasteiger partial charge in [0.05, 0.1) is 12.2 Å². The second kappa shape index (κ2) is 4.84. The van der Waals surface area contributed by atoms with Gasteiger partial charge >= 0.3 is 0 Å². The number of benzene rings is 1. The maximum Gasteiger partial charge on any atom is 0.176 e. The van der Waals surface area contributed by atoms with Crippen molar-refractivity contribution in [1.82, 2.24) is 4.57 Å². The molecule has 2 aromatic rings. The minimum absolute atomic E-state index is 0.0208. The van der Waals surface area contributed by atoms with Crippen LogP contribution in [0.3, 0.4) is 0 Å². The van der Waals surface area contributed by atoms with E-state index in [9.17, 15) is 9.18 Å². The molecular formula is C13H11BrFNO. The van der Waals surface area contributed by atoms with Crippen molar-refractivity contribution in [1.29, 1.82) is 0 Å². The predicted octanol–water partition coefficient (Wildman–Crippen LogP) is 3.64. The van der Waals surface area contributed by atoms with Gasteiger partial charge in [0.2, 0.25) is 0 Å². The summed E-state index contributed by atoms with van der Waals surface area (Å²) < 4.78 is 16.1. The molecule has 1 aromatic carbocycles. The molecule has 0 aliphatic carbocycles. The minimum atomic E-state index is -0.275. The number of halogens is 2. The van der Waals surface area contributed by atoms with E-state index in [0.29, 0.717) is 22.3 Å². The summed E-state index contributed by atoms with van der Waals surface area (Å²) in [5, 5.41) is 0. The molecule has 2 nitrogen and oxygen atoms in total. The van der Waals surface area contributed by atoms with E-state index < -0.39 is 0 Å². The van der Waals surface area contributed by atoms with Crippen molar-refractivity contribution >= 4 is 21.7 Å². The first-order chi connectivity index (χ1) is 8.08. The number of carbonyl (C=O) groups is 1. The van der Waals surface area contributed by atoms with Gasteiger partial charge in [0.15, 0.2) is 5.78 Å². The highest BCUT2D eigenvalue weighted by Crippen LogP contribution is 2.17. The summed E-state index contributed by atoms with van der Waals surface area (Å²) in [6.45, 7) is 1.87. The molecule has 0 fully saturated rings. The van der Waals surface area contributed by atoms with Crippen LogP contribution in [0.4, 0.5) is 4.39 Å². The third-order valence-corrected chi connectivity index (χ3v) is 3.04. The SMILES string of the molecule is CC(=O)c1cccn1Cc1ccc(Br)cc1F. The van der Waals surface area contributed by atoms with Gasteiger partial charge in [-0.2, -0.15) is 0 Å². The fraction of sp³-hybridized carbons (Fsp3) is 0.154. The topological polar surface area (TPSA) is 22.0 Å². The lowest BCUT2D eigenvalue weighted by Crippen LogP contribution is -2.07. The van der Waals surface area contributed by atoms with Crippen molar-refractivity contribution in [2.75, 3.05) is 0 Å². The summed E-state index contributed by atoms with van der Waals surface area (Å²) in [4.78, 5) is 11.3. The van der Waals surface area contributed by atoms with E-state index in [2.05, 4.69) is 15.9 Å². The molecule has 0 unspecified atom stereocenters. The monoisotopic (exact) mass is 295 g/mol. The molecule has 0 spiro atoms. The van der Waals surface area contributed by atoms with Gasteiger partial charge in [-0.25, -0.2) is 4.39 Å². The first kappa shape index (κ1) is 12.0. The number of aromatic nitrogens is 1. The summed E-state index contributed by atoms with van der Waals surface area (Å²) in [6.07, 6.45) is 1.78. The predicted molar refractivity (Wildman–Crippen MR) is 67.6 cm³/mol. The third-order valence-electron chi connectivity index (χ3n) is 2.55. The highest BCUT2D eigenvalue weighted by Gasteiger charge is 2.08. The van der Waals surface area contributed by atoms with Crippen LogP contribution in [0.5, 0.6) is 0 Å². The number of Topliss-reactive ketones (excluding diaryl/α,β-unsaturated/α-hetero) is 1. The molecule has 0 aliphatic rings. The van der Waals surface area contributed by atoms with E-state index in [1.165, 1.54) is 13.0 Å². The van der Waals surface area contributed by atoms with Crippen molar-refractivity contribution < 1.29 is 9.18 Å². The normalized spacial score (nSPS) is 10.5. The molecule has 88 valence electrons. The molecule has 1 heterocycles. The molecule has 0 N–H and O–H groups in total. The summed E-state index contributed by atoms with van der Waals surface area (Å²) >= 11 is 3.21. The van der Waals surface area contributed by atoms with Gasteiger partial charge in [0.1, 0.15) is 5.82 Å². The lowest BCUT2D eigenvalue weighted by Gasteiger charge is -2.08. The Hall–Kier alpha value is -1.42. The second-order valence-electron chi connectivity index (χ2n) is 3.81.